The van der Waals surface area contributed by atoms with Crippen molar-refractivity contribution in [2.75, 3.05) is 59.8 Å². The number of carbonyl (C=O) groups is 5. The van der Waals surface area contributed by atoms with E-state index in [1.807, 2.05) is 18.4 Å². The molecule has 1 aliphatic carbocycles. The molecule has 268 valence electrons. The molecular weight excluding hydrogens is 690 g/mol. The number of piperazine rings is 1. The molecule has 3 atom stereocenters. The molecule has 3 amide bonds. The van der Waals surface area contributed by atoms with Gasteiger partial charge in [0.15, 0.2) is 17.3 Å². The fourth-order valence-electron chi connectivity index (χ4n) is 6.66. The van der Waals surface area contributed by atoms with Crippen molar-refractivity contribution in [2.24, 2.45) is 5.92 Å². The van der Waals surface area contributed by atoms with Gasteiger partial charge >= 0.3 is 6.09 Å². The zero-order chi connectivity index (χ0) is 36.3. The van der Waals surface area contributed by atoms with Gasteiger partial charge in [-0.05, 0) is 30.9 Å². The van der Waals surface area contributed by atoms with Crippen LogP contribution in [-0.2, 0) is 19.1 Å². The number of carbonyl (C=O) groups excluding carboxylic acids is 5. The lowest BCUT2D eigenvalue weighted by atomic mass is 9.69. The Hall–Kier alpha value is -4.43. The molecule has 2 aromatic carbocycles. The molecule has 2 heterocycles. The maximum atomic E-state index is 14.3. The highest BCUT2D eigenvalue weighted by Gasteiger charge is 2.61. The number of benzene rings is 2. The van der Waals surface area contributed by atoms with Crippen LogP contribution in [0.2, 0.25) is 5.02 Å². The lowest BCUT2D eigenvalue weighted by Crippen LogP contribution is -2.53. The summed E-state index contributed by atoms with van der Waals surface area (Å²) in [7, 11) is 2.77. The summed E-state index contributed by atoms with van der Waals surface area (Å²) in [6.07, 6.45) is 0.975. The highest BCUT2D eigenvalue weighted by Crippen LogP contribution is 2.55. The molecule has 0 aromatic heterocycles. The molecule has 0 bridgehead atoms. The number of amides is 3. The first-order valence-electron chi connectivity index (χ1n) is 16.2. The average Bonchev–Trinajstić information content (AvgIpc) is 3.44. The Labute approximate surface area is 299 Å². The first kappa shape index (κ1) is 36.8. The van der Waals surface area contributed by atoms with Gasteiger partial charge in [-0.3, -0.25) is 19.2 Å². The summed E-state index contributed by atoms with van der Waals surface area (Å²) in [5, 5.41) is 14.7. The topological polar surface area (TPSA) is 161 Å². The quantitative estimate of drug-likeness (QED) is 0.334. The van der Waals surface area contributed by atoms with Crippen LogP contribution in [0.4, 0.5) is 4.79 Å². The second kappa shape index (κ2) is 15.2. The van der Waals surface area contributed by atoms with Gasteiger partial charge in [0.2, 0.25) is 23.2 Å². The summed E-state index contributed by atoms with van der Waals surface area (Å²) in [4.78, 5) is 70.7. The van der Waals surface area contributed by atoms with Gasteiger partial charge in [-0.2, -0.15) is 0 Å². The summed E-state index contributed by atoms with van der Waals surface area (Å²) in [5.74, 6) is -4.15. The third-order valence-corrected chi connectivity index (χ3v) is 10.5. The van der Waals surface area contributed by atoms with E-state index in [2.05, 4.69) is 5.32 Å². The van der Waals surface area contributed by atoms with Crippen LogP contribution >= 0.6 is 23.4 Å². The second-order valence-electron chi connectivity index (χ2n) is 12.1. The van der Waals surface area contributed by atoms with Gasteiger partial charge in [-0.15, -0.1) is 11.8 Å². The van der Waals surface area contributed by atoms with Crippen LogP contribution in [0.5, 0.6) is 17.2 Å². The van der Waals surface area contributed by atoms with Gasteiger partial charge in [0, 0.05) is 67.4 Å². The molecular formula is C35H40ClN3O10S. The van der Waals surface area contributed by atoms with Gasteiger partial charge < -0.3 is 39.2 Å². The van der Waals surface area contributed by atoms with Gasteiger partial charge in [0.25, 0.3) is 0 Å². The molecule has 0 radical (unpaired) electrons. The summed E-state index contributed by atoms with van der Waals surface area (Å²) in [6, 6.07) is 8.62. The Morgan fingerprint density at radius 1 is 1.08 bits per heavy atom. The number of aliphatic hydroxyl groups excluding tert-OH is 1. The van der Waals surface area contributed by atoms with Gasteiger partial charge in [0.1, 0.15) is 22.1 Å². The number of hydrogen-bond donors (Lipinski definition) is 2. The summed E-state index contributed by atoms with van der Waals surface area (Å²) < 4.78 is 22.1. The van der Waals surface area contributed by atoms with E-state index in [-0.39, 0.29) is 78.4 Å². The maximum Gasteiger partial charge on any atom is 0.409 e. The van der Waals surface area contributed by atoms with Crippen molar-refractivity contribution in [2.45, 2.75) is 43.1 Å². The van der Waals surface area contributed by atoms with Crippen molar-refractivity contribution >= 4 is 52.8 Å². The third-order valence-electron chi connectivity index (χ3n) is 9.36. The standard InChI is InChI=1S/C35H40ClN3O10S/c1-6-48-34(45)39-13-11-38(12-14-39)27(42)18-37-26(41)16-22(20-7-9-21(50-5)10-8-20)28-23(40)15-19(2)35(32(28)43)33(44)29-24(46-3)17-25(47-4)30(36)31(29)49-35/h7-10,17,19,22,43H,6,11-16,18H2,1-5H3,(H,37,41)/t19-,22?,35+/m1/s1. The van der Waals surface area contributed by atoms with E-state index in [1.54, 1.807) is 30.9 Å². The Balaban J connectivity index is 1.44. The number of halogens is 1. The van der Waals surface area contributed by atoms with E-state index in [4.69, 9.17) is 30.5 Å². The molecule has 50 heavy (non-hydrogen) atoms. The number of ketones is 2. The number of methoxy groups -OCH3 is 2. The van der Waals surface area contributed by atoms with E-state index in [1.165, 1.54) is 36.9 Å². The first-order chi connectivity index (χ1) is 23.9. The predicted molar refractivity (Wildman–Crippen MR) is 184 cm³/mol. The van der Waals surface area contributed by atoms with E-state index < -0.39 is 46.8 Å². The van der Waals surface area contributed by atoms with Gasteiger partial charge in [0.05, 0.1) is 27.4 Å². The Morgan fingerprint density at radius 2 is 1.72 bits per heavy atom. The number of thioether (sulfide) groups is 1. The normalized spacial score (nSPS) is 20.7. The molecule has 0 saturated carbocycles. The number of ether oxygens (including phenoxy) is 4. The molecule has 2 aliphatic heterocycles. The molecule has 1 fully saturated rings. The second-order valence-corrected chi connectivity index (χ2v) is 13.4. The van der Waals surface area contributed by atoms with Crippen LogP contribution in [0.15, 0.2) is 46.6 Å². The molecule has 1 unspecified atom stereocenters. The lowest BCUT2D eigenvalue weighted by molar-refractivity contribution is -0.134. The minimum Gasteiger partial charge on any atom is -0.507 e. The van der Waals surface area contributed by atoms with Crippen LogP contribution in [0.25, 0.3) is 0 Å². The Kier molecular flexibility index (Phi) is 11.2. The van der Waals surface area contributed by atoms with E-state index in [0.717, 1.165) is 4.90 Å². The number of fused-ring (bicyclic) bond motifs is 1. The zero-order valence-electron chi connectivity index (χ0n) is 28.5. The van der Waals surface area contributed by atoms with Crippen LogP contribution < -0.4 is 19.5 Å². The molecule has 15 heteroatoms. The van der Waals surface area contributed by atoms with Gasteiger partial charge in [-0.1, -0.05) is 30.7 Å². The first-order valence-corrected chi connectivity index (χ1v) is 17.8. The van der Waals surface area contributed by atoms with Crippen molar-refractivity contribution in [1.29, 1.82) is 0 Å². The number of aliphatic hydroxyl groups is 1. The monoisotopic (exact) mass is 729 g/mol. The molecule has 3 aliphatic rings. The molecule has 13 nitrogen and oxygen atoms in total. The number of nitrogens with zero attached hydrogens (tertiary/aromatic N) is 2. The van der Waals surface area contributed by atoms with Crippen LogP contribution in [0, 0.1) is 5.92 Å². The van der Waals surface area contributed by atoms with Gasteiger partial charge in [-0.25, -0.2) is 4.79 Å². The van der Waals surface area contributed by atoms with Crippen molar-refractivity contribution in [3.05, 3.63) is 57.8 Å². The summed E-state index contributed by atoms with van der Waals surface area (Å²) >= 11 is 8.09. The largest absolute Gasteiger partial charge is 0.507 e. The molecule has 5 rings (SSSR count). The molecule has 1 saturated heterocycles. The average molecular weight is 730 g/mol. The third kappa shape index (κ3) is 6.70. The molecule has 2 aromatic rings. The molecule has 2 N–H and O–H groups in total. The van der Waals surface area contributed by atoms with Crippen molar-refractivity contribution in [3.8, 4) is 17.2 Å². The summed E-state index contributed by atoms with van der Waals surface area (Å²) in [6.45, 7) is 4.45. The van der Waals surface area contributed by atoms with Crippen molar-refractivity contribution < 1.29 is 48.0 Å². The van der Waals surface area contributed by atoms with Crippen molar-refractivity contribution in [3.63, 3.8) is 0 Å². The number of allylic oxidation sites excluding steroid dienone is 1. The van der Waals surface area contributed by atoms with Crippen LogP contribution in [-0.4, -0.2) is 110 Å². The minimum atomic E-state index is -2.02. The Bertz CT molecular complexity index is 1720. The molecule has 1 spiro atoms. The minimum absolute atomic E-state index is 0.00234. The van der Waals surface area contributed by atoms with E-state index >= 15 is 0 Å². The van der Waals surface area contributed by atoms with E-state index in [9.17, 15) is 29.1 Å². The maximum absolute atomic E-state index is 14.3. The van der Waals surface area contributed by atoms with Crippen LogP contribution in [0.3, 0.4) is 0 Å². The lowest BCUT2D eigenvalue weighted by Gasteiger charge is -2.38. The zero-order valence-corrected chi connectivity index (χ0v) is 30.1. The predicted octanol–water partition coefficient (Wildman–Crippen LogP) is 4.40. The van der Waals surface area contributed by atoms with Crippen LogP contribution in [0.1, 0.15) is 48.5 Å². The number of rotatable bonds is 10. The Morgan fingerprint density at radius 3 is 2.32 bits per heavy atom. The van der Waals surface area contributed by atoms with E-state index in [0.29, 0.717) is 18.7 Å². The summed E-state index contributed by atoms with van der Waals surface area (Å²) in [5.41, 5.74) is -1.62. The highest BCUT2D eigenvalue weighted by molar-refractivity contribution is 7.98. The highest BCUT2D eigenvalue weighted by atomic mass is 35.5. The number of hydrogen-bond acceptors (Lipinski definition) is 11. The number of nitrogens with one attached hydrogen (secondary N) is 1. The van der Waals surface area contributed by atoms with Crippen molar-refractivity contribution in [1.82, 2.24) is 15.1 Å². The number of Topliss-reactive ketones (excluding diaryl/α,β-unsaturated/α-hetero) is 2. The smallest absolute Gasteiger partial charge is 0.409 e. The SMILES string of the molecule is CCOC(=O)N1CCN(C(=O)CNC(=O)CC(C2=C(O)[C@@]3(Oc4c(Cl)c(OC)cc(OC)c4C3=O)[C@H](C)CC2=O)c2ccc(SC)cc2)CC1. The fraction of sp³-hybridized carbons (Fsp3) is 0.457. The fourth-order valence-corrected chi connectivity index (χ4v) is 7.33.